The first-order valence-electron chi connectivity index (χ1n) is 5.84. The lowest BCUT2D eigenvalue weighted by Crippen LogP contribution is -2.44. The molecule has 0 fully saturated rings. The van der Waals surface area contributed by atoms with Crippen LogP contribution in [-0.4, -0.2) is 62.8 Å². The number of carbonyl (C=O) groups is 1. The lowest BCUT2D eigenvalue weighted by Gasteiger charge is -2.29. The maximum Gasteiger partial charge on any atom is 0.270 e. The molecule has 0 aliphatic rings. The molecule has 0 aliphatic heterocycles. The third-order valence-electron chi connectivity index (χ3n) is 2.51. The van der Waals surface area contributed by atoms with Gasteiger partial charge in [0.15, 0.2) is 0 Å². The Kier molecular flexibility index (Phi) is 7.12. The maximum absolute atomic E-state index is 11.1. The molecule has 0 bridgehead atoms. The highest BCUT2D eigenvalue weighted by molar-refractivity contribution is 7.85. The maximum atomic E-state index is 11.1. The summed E-state index contributed by atoms with van der Waals surface area (Å²) in [5.41, 5.74) is 0. The van der Waals surface area contributed by atoms with E-state index in [0.717, 1.165) is 13.0 Å². The Morgan fingerprint density at radius 1 is 1.33 bits per heavy atom. The number of hydrogen-bond donors (Lipinski definition) is 2. The van der Waals surface area contributed by atoms with Crippen LogP contribution in [0.2, 0.25) is 0 Å². The first-order chi connectivity index (χ1) is 8.16. The number of nitrogens with one attached hydrogen (secondary N) is 1. The lowest BCUT2D eigenvalue weighted by molar-refractivity contribution is -0.888. The summed E-state index contributed by atoms with van der Waals surface area (Å²) in [6.45, 7) is 3.40. The van der Waals surface area contributed by atoms with Crippen molar-refractivity contribution >= 4 is 16.0 Å². The van der Waals surface area contributed by atoms with Crippen LogP contribution in [0.4, 0.5) is 0 Å². The molecular weight excluding hydrogens is 256 g/mol. The number of carbonyl (C=O) groups excluding carboxylic acids is 1. The van der Waals surface area contributed by atoms with Crippen LogP contribution in [0.1, 0.15) is 13.3 Å². The fourth-order valence-corrected chi connectivity index (χ4v) is 2.13. The van der Waals surface area contributed by atoms with Gasteiger partial charge in [-0.1, -0.05) is 6.08 Å². The molecule has 0 spiro atoms. The number of allylic oxidation sites excluding steroid dienone is 1. The molecule has 0 aliphatic carbocycles. The van der Waals surface area contributed by atoms with E-state index in [9.17, 15) is 13.2 Å². The third-order valence-corrected chi connectivity index (χ3v) is 3.21. The highest BCUT2D eigenvalue weighted by Gasteiger charge is 2.18. The molecule has 0 radical (unpaired) electrons. The molecule has 2 N–H and O–H groups in total. The summed E-state index contributed by atoms with van der Waals surface area (Å²) in [6.07, 6.45) is 3.88. The van der Waals surface area contributed by atoms with Gasteiger partial charge in [0.2, 0.25) is 5.91 Å². The van der Waals surface area contributed by atoms with Crippen molar-refractivity contribution in [3.63, 3.8) is 0 Å². The zero-order valence-corrected chi connectivity index (χ0v) is 12.0. The summed E-state index contributed by atoms with van der Waals surface area (Å²) in [5.74, 6) is -0.369. The molecule has 0 saturated carbocycles. The second-order valence-corrected chi connectivity index (χ2v) is 6.39. The first-order valence-corrected chi connectivity index (χ1v) is 7.45. The summed E-state index contributed by atoms with van der Waals surface area (Å²) in [5, 5.41) is 2.73. The predicted molar refractivity (Wildman–Crippen MR) is 70.7 cm³/mol. The standard InChI is InChI=1S/C11H22N2O4S/c1-4-6-11(14)12-7-5-8-13(2,3)9-10-18(15,16)17/h4,6H,5,7-10H2,1-3H3,(H-,12,14,15,16,17)/p+1. The van der Waals surface area contributed by atoms with Crippen LogP contribution in [0, 0.1) is 0 Å². The highest BCUT2D eigenvalue weighted by atomic mass is 32.2. The molecule has 0 rings (SSSR count). The van der Waals surface area contributed by atoms with Gasteiger partial charge >= 0.3 is 0 Å². The van der Waals surface area contributed by atoms with E-state index in [1.165, 1.54) is 6.08 Å². The third kappa shape index (κ3) is 10.2. The monoisotopic (exact) mass is 279 g/mol. The Hall–Kier alpha value is -0.920. The van der Waals surface area contributed by atoms with Gasteiger partial charge in [-0.15, -0.1) is 0 Å². The molecule has 0 atom stereocenters. The van der Waals surface area contributed by atoms with E-state index in [0.29, 0.717) is 17.6 Å². The number of amides is 1. The van der Waals surface area contributed by atoms with Crippen molar-refractivity contribution in [2.24, 2.45) is 0 Å². The van der Waals surface area contributed by atoms with Gasteiger partial charge in [-0.25, -0.2) is 0 Å². The van der Waals surface area contributed by atoms with Crippen LogP contribution in [0.5, 0.6) is 0 Å². The van der Waals surface area contributed by atoms with Crippen molar-refractivity contribution in [2.75, 3.05) is 39.5 Å². The van der Waals surface area contributed by atoms with Gasteiger partial charge in [0.1, 0.15) is 5.75 Å². The Bertz CT molecular complexity index is 388. The van der Waals surface area contributed by atoms with Crippen molar-refractivity contribution in [3.8, 4) is 0 Å². The van der Waals surface area contributed by atoms with E-state index in [1.807, 2.05) is 14.1 Å². The molecule has 1 amide bonds. The van der Waals surface area contributed by atoms with Crippen molar-refractivity contribution in [3.05, 3.63) is 12.2 Å². The second kappa shape index (κ2) is 7.50. The molecule has 0 heterocycles. The summed E-state index contributed by atoms with van der Waals surface area (Å²) < 4.78 is 30.5. The van der Waals surface area contributed by atoms with Gasteiger partial charge in [-0.3, -0.25) is 9.35 Å². The van der Waals surface area contributed by atoms with E-state index in [4.69, 9.17) is 4.55 Å². The molecule has 0 unspecified atom stereocenters. The summed E-state index contributed by atoms with van der Waals surface area (Å²) in [7, 11) is -0.128. The molecule has 106 valence electrons. The van der Waals surface area contributed by atoms with Crippen LogP contribution >= 0.6 is 0 Å². The molecule has 0 aromatic rings. The molecule has 0 aromatic carbocycles. The van der Waals surface area contributed by atoms with Gasteiger partial charge in [-0.2, -0.15) is 8.42 Å². The Labute approximate surface area is 109 Å². The second-order valence-electron chi connectivity index (χ2n) is 4.81. The van der Waals surface area contributed by atoms with E-state index in [2.05, 4.69) is 5.32 Å². The Morgan fingerprint density at radius 2 is 1.94 bits per heavy atom. The normalized spacial score (nSPS) is 12.9. The zero-order valence-electron chi connectivity index (χ0n) is 11.2. The predicted octanol–water partition coefficient (Wildman–Crippen LogP) is 0.0330. The largest absolute Gasteiger partial charge is 0.352 e. The van der Waals surface area contributed by atoms with Gasteiger partial charge in [-0.05, 0) is 13.0 Å². The van der Waals surface area contributed by atoms with Gasteiger partial charge in [0, 0.05) is 13.0 Å². The Balaban J connectivity index is 3.87. The molecule has 0 saturated heterocycles. The molecule has 18 heavy (non-hydrogen) atoms. The number of quaternary nitrogens is 1. The van der Waals surface area contributed by atoms with Gasteiger partial charge < -0.3 is 9.80 Å². The van der Waals surface area contributed by atoms with Crippen LogP contribution in [0.25, 0.3) is 0 Å². The van der Waals surface area contributed by atoms with E-state index in [-0.39, 0.29) is 11.7 Å². The van der Waals surface area contributed by atoms with Crippen LogP contribution in [0.15, 0.2) is 12.2 Å². The Morgan fingerprint density at radius 3 is 2.44 bits per heavy atom. The minimum absolute atomic E-state index is 0.124. The summed E-state index contributed by atoms with van der Waals surface area (Å²) in [6, 6.07) is 0. The van der Waals surface area contributed by atoms with E-state index < -0.39 is 10.1 Å². The van der Waals surface area contributed by atoms with Crippen LogP contribution < -0.4 is 5.32 Å². The SMILES string of the molecule is CC=CC(=O)NCCC[N+](C)(C)CCS(=O)(=O)O. The van der Waals surface area contributed by atoms with E-state index in [1.54, 1.807) is 13.0 Å². The fourth-order valence-electron chi connectivity index (χ4n) is 1.40. The topological polar surface area (TPSA) is 83.5 Å². The number of hydrogen-bond acceptors (Lipinski definition) is 3. The van der Waals surface area contributed by atoms with Crippen molar-refractivity contribution in [1.29, 1.82) is 0 Å². The first kappa shape index (κ1) is 17.1. The van der Waals surface area contributed by atoms with Crippen LogP contribution in [-0.2, 0) is 14.9 Å². The smallest absolute Gasteiger partial charge is 0.270 e. The molecule has 0 aromatic heterocycles. The average molecular weight is 279 g/mol. The quantitative estimate of drug-likeness (QED) is 0.284. The lowest BCUT2D eigenvalue weighted by atomic mass is 10.3. The molecular formula is C11H23N2O4S+. The summed E-state index contributed by atoms with van der Waals surface area (Å²) in [4.78, 5) is 11.1. The number of rotatable bonds is 8. The van der Waals surface area contributed by atoms with Gasteiger partial charge in [0.05, 0.1) is 27.2 Å². The van der Waals surface area contributed by atoms with Crippen molar-refractivity contribution < 1.29 is 22.2 Å². The average Bonchev–Trinajstić information content (AvgIpc) is 2.22. The minimum Gasteiger partial charge on any atom is -0.352 e. The summed E-state index contributed by atoms with van der Waals surface area (Å²) >= 11 is 0. The molecule has 7 heteroatoms. The minimum atomic E-state index is -3.90. The fraction of sp³-hybridized carbons (Fsp3) is 0.727. The van der Waals surface area contributed by atoms with Gasteiger partial charge in [0.25, 0.3) is 10.1 Å². The number of nitrogens with zero attached hydrogens (tertiary/aromatic N) is 1. The van der Waals surface area contributed by atoms with Crippen molar-refractivity contribution in [1.82, 2.24) is 5.32 Å². The van der Waals surface area contributed by atoms with Crippen LogP contribution in [0.3, 0.4) is 0 Å². The van der Waals surface area contributed by atoms with Crippen molar-refractivity contribution in [2.45, 2.75) is 13.3 Å². The highest BCUT2D eigenvalue weighted by Crippen LogP contribution is 2.00. The van der Waals surface area contributed by atoms with E-state index >= 15 is 0 Å². The molecule has 6 nitrogen and oxygen atoms in total. The zero-order chi connectivity index (χ0) is 14.2.